The molecular weight excluding hydrogens is 258 g/mol. The van der Waals surface area contributed by atoms with Crippen molar-refractivity contribution in [1.29, 1.82) is 0 Å². The first-order chi connectivity index (χ1) is 8.13. The van der Waals surface area contributed by atoms with Crippen LogP contribution in [0.4, 0.5) is 11.6 Å². The first kappa shape index (κ1) is 11.9. The van der Waals surface area contributed by atoms with Crippen LogP contribution in [0.1, 0.15) is 5.56 Å². The number of halogens is 1. The SMILES string of the molecule is Nc1cc(N)nc(SCc2ccc(Cl)nc2)n1. The molecule has 0 amide bonds. The van der Waals surface area contributed by atoms with Gasteiger partial charge in [-0.05, 0) is 11.6 Å². The molecule has 0 aliphatic heterocycles. The van der Waals surface area contributed by atoms with Crippen LogP contribution in [-0.2, 0) is 5.75 Å². The molecule has 88 valence electrons. The van der Waals surface area contributed by atoms with Gasteiger partial charge < -0.3 is 11.5 Å². The maximum atomic E-state index is 5.69. The predicted molar refractivity (Wildman–Crippen MR) is 69.7 cm³/mol. The van der Waals surface area contributed by atoms with Gasteiger partial charge in [-0.3, -0.25) is 0 Å². The van der Waals surface area contributed by atoms with Gasteiger partial charge in [0.25, 0.3) is 0 Å². The van der Waals surface area contributed by atoms with E-state index in [0.29, 0.717) is 27.7 Å². The van der Waals surface area contributed by atoms with E-state index in [1.165, 1.54) is 17.8 Å². The smallest absolute Gasteiger partial charge is 0.191 e. The second kappa shape index (κ2) is 5.20. The summed E-state index contributed by atoms with van der Waals surface area (Å²) < 4.78 is 0. The molecule has 0 bridgehead atoms. The van der Waals surface area contributed by atoms with E-state index < -0.39 is 0 Å². The Kier molecular flexibility index (Phi) is 3.65. The highest BCUT2D eigenvalue weighted by Crippen LogP contribution is 2.21. The van der Waals surface area contributed by atoms with Crippen molar-refractivity contribution in [1.82, 2.24) is 15.0 Å². The Balaban J connectivity index is 2.04. The van der Waals surface area contributed by atoms with E-state index >= 15 is 0 Å². The van der Waals surface area contributed by atoms with Gasteiger partial charge in [0.1, 0.15) is 16.8 Å². The lowest BCUT2D eigenvalue weighted by molar-refractivity contribution is 0.983. The van der Waals surface area contributed by atoms with Crippen molar-refractivity contribution < 1.29 is 0 Å². The fraction of sp³-hybridized carbons (Fsp3) is 0.100. The highest BCUT2D eigenvalue weighted by molar-refractivity contribution is 7.98. The van der Waals surface area contributed by atoms with Crippen molar-refractivity contribution in [2.75, 3.05) is 11.5 Å². The Morgan fingerprint density at radius 1 is 1.18 bits per heavy atom. The Labute approximate surface area is 108 Å². The number of nitrogen functional groups attached to an aromatic ring is 2. The minimum Gasteiger partial charge on any atom is -0.383 e. The number of hydrogen-bond acceptors (Lipinski definition) is 6. The van der Waals surface area contributed by atoms with E-state index in [-0.39, 0.29) is 0 Å². The van der Waals surface area contributed by atoms with Gasteiger partial charge in [-0.1, -0.05) is 29.4 Å². The molecule has 2 aromatic rings. The van der Waals surface area contributed by atoms with Crippen molar-refractivity contribution in [3.63, 3.8) is 0 Å². The standard InChI is InChI=1S/C10H10ClN5S/c11-7-2-1-6(4-14-7)5-17-10-15-8(12)3-9(13)16-10/h1-4H,5H2,(H4,12,13,15,16). The summed E-state index contributed by atoms with van der Waals surface area (Å²) in [6, 6.07) is 5.16. The van der Waals surface area contributed by atoms with Crippen molar-refractivity contribution in [2.45, 2.75) is 10.9 Å². The third-order valence-corrected chi connectivity index (χ3v) is 3.04. The fourth-order valence-corrected chi connectivity index (χ4v) is 2.08. The number of hydrogen-bond donors (Lipinski definition) is 2. The molecule has 5 nitrogen and oxygen atoms in total. The monoisotopic (exact) mass is 267 g/mol. The first-order valence-corrected chi connectivity index (χ1v) is 6.13. The van der Waals surface area contributed by atoms with Crippen LogP contribution in [0.2, 0.25) is 5.15 Å². The predicted octanol–water partition coefficient (Wildman–Crippen LogP) is 1.98. The van der Waals surface area contributed by atoms with Crippen LogP contribution in [0.3, 0.4) is 0 Å². The Hall–Kier alpha value is -1.53. The molecule has 2 aromatic heterocycles. The molecule has 0 saturated heterocycles. The second-order valence-electron chi connectivity index (χ2n) is 3.28. The van der Waals surface area contributed by atoms with Crippen molar-refractivity contribution in [3.8, 4) is 0 Å². The largest absolute Gasteiger partial charge is 0.383 e. The van der Waals surface area contributed by atoms with Crippen LogP contribution >= 0.6 is 23.4 Å². The summed E-state index contributed by atoms with van der Waals surface area (Å²) in [6.07, 6.45) is 1.71. The molecule has 4 N–H and O–H groups in total. The van der Waals surface area contributed by atoms with Gasteiger partial charge in [0, 0.05) is 18.0 Å². The topological polar surface area (TPSA) is 90.7 Å². The number of aromatic nitrogens is 3. The summed E-state index contributed by atoms with van der Waals surface area (Å²) in [6.45, 7) is 0. The van der Waals surface area contributed by atoms with Gasteiger partial charge in [-0.25, -0.2) is 15.0 Å². The molecule has 0 fully saturated rings. The molecule has 17 heavy (non-hydrogen) atoms. The normalized spacial score (nSPS) is 10.4. The maximum Gasteiger partial charge on any atom is 0.191 e. The van der Waals surface area contributed by atoms with E-state index in [9.17, 15) is 0 Å². The quantitative estimate of drug-likeness (QED) is 0.502. The molecule has 0 aromatic carbocycles. The average molecular weight is 268 g/mol. The van der Waals surface area contributed by atoms with Crippen LogP contribution in [0, 0.1) is 0 Å². The molecule has 0 saturated carbocycles. The van der Waals surface area contributed by atoms with Gasteiger partial charge in [0.2, 0.25) is 0 Å². The Morgan fingerprint density at radius 3 is 2.47 bits per heavy atom. The van der Waals surface area contributed by atoms with Crippen LogP contribution in [0.25, 0.3) is 0 Å². The van der Waals surface area contributed by atoms with Gasteiger partial charge >= 0.3 is 0 Å². The Bertz CT molecular complexity index is 496. The third kappa shape index (κ3) is 3.47. The molecule has 0 aliphatic rings. The van der Waals surface area contributed by atoms with E-state index in [1.54, 1.807) is 12.3 Å². The number of anilines is 2. The van der Waals surface area contributed by atoms with Crippen molar-refractivity contribution >= 4 is 35.0 Å². The van der Waals surface area contributed by atoms with Gasteiger partial charge in [0.05, 0.1) is 0 Å². The Morgan fingerprint density at radius 2 is 1.88 bits per heavy atom. The zero-order valence-corrected chi connectivity index (χ0v) is 10.4. The van der Waals surface area contributed by atoms with E-state index in [4.69, 9.17) is 23.1 Å². The van der Waals surface area contributed by atoms with Crippen LogP contribution in [0.15, 0.2) is 29.6 Å². The maximum absolute atomic E-state index is 5.69. The fourth-order valence-electron chi connectivity index (χ4n) is 1.17. The zero-order valence-electron chi connectivity index (χ0n) is 8.80. The molecule has 2 heterocycles. The van der Waals surface area contributed by atoms with Crippen molar-refractivity contribution in [2.24, 2.45) is 0 Å². The molecular formula is C10H10ClN5S. The van der Waals surface area contributed by atoms with Crippen LogP contribution < -0.4 is 11.5 Å². The lowest BCUT2D eigenvalue weighted by atomic mass is 10.3. The molecule has 2 rings (SSSR count). The molecule has 0 spiro atoms. The molecule has 0 atom stereocenters. The summed E-state index contributed by atoms with van der Waals surface area (Å²) in [5.74, 6) is 1.43. The highest BCUT2D eigenvalue weighted by Gasteiger charge is 2.02. The minimum absolute atomic E-state index is 0.370. The molecule has 0 radical (unpaired) electrons. The summed E-state index contributed by atoms with van der Waals surface area (Å²) in [5.41, 5.74) is 12.2. The lowest BCUT2D eigenvalue weighted by Crippen LogP contribution is -1.99. The minimum atomic E-state index is 0.370. The third-order valence-electron chi connectivity index (χ3n) is 1.90. The van der Waals surface area contributed by atoms with Gasteiger partial charge in [0.15, 0.2) is 5.16 Å². The number of thioether (sulfide) groups is 1. The summed E-state index contributed by atoms with van der Waals surface area (Å²) in [7, 11) is 0. The summed E-state index contributed by atoms with van der Waals surface area (Å²) in [4.78, 5) is 12.1. The average Bonchev–Trinajstić information content (AvgIpc) is 2.27. The lowest BCUT2D eigenvalue weighted by Gasteiger charge is -2.02. The molecule has 0 unspecified atom stereocenters. The number of pyridine rings is 1. The van der Waals surface area contributed by atoms with Crippen molar-refractivity contribution in [3.05, 3.63) is 35.1 Å². The van der Waals surface area contributed by atoms with E-state index in [2.05, 4.69) is 15.0 Å². The highest BCUT2D eigenvalue weighted by atomic mass is 35.5. The number of nitrogens with two attached hydrogens (primary N) is 2. The number of nitrogens with zero attached hydrogens (tertiary/aromatic N) is 3. The van der Waals surface area contributed by atoms with E-state index in [1.807, 2.05) is 6.07 Å². The van der Waals surface area contributed by atoms with Crippen LogP contribution in [-0.4, -0.2) is 15.0 Å². The summed E-state index contributed by atoms with van der Waals surface area (Å²) in [5, 5.41) is 1.03. The van der Waals surface area contributed by atoms with E-state index in [0.717, 1.165) is 5.56 Å². The molecule has 0 aliphatic carbocycles. The van der Waals surface area contributed by atoms with Gasteiger partial charge in [-0.2, -0.15) is 0 Å². The number of rotatable bonds is 3. The zero-order chi connectivity index (χ0) is 12.3. The molecule has 7 heteroatoms. The second-order valence-corrected chi connectivity index (χ2v) is 4.61. The summed E-state index contributed by atoms with van der Waals surface area (Å²) >= 11 is 7.14. The van der Waals surface area contributed by atoms with Crippen LogP contribution in [0.5, 0.6) is 0 Å². The first-order valence-electron chi connectivity index (χ1n) is 4.77. The van der Waals surface area contributed by atoms with Gasteiger partial charge in [-0.15, -0.1) is 0 Å².